The van der Waals surface area contributed by atoms with Gasteiger partial charge in [0.2, 0.25) is 44.9 Å². The number of likely N-dealkylation sites (tertiary alicyclic amines) is 1. The Morgan fingerprint density at radius 2 is 1.65 bits per heavy atom. The molecule has 2 aromatic rings. The summed E-state index contributed by atoms with van der Waals surface area (Å²) in [6, 6.07) is -0.468. The van der Waals surface area contributed by atoms with Crippen LogP contribution in [0.5, 0.6) is 17.4 Å². The molecule has 65 heavy (non-hydrogen) atoms. The molecule has 7 atom stereocenters. The van der Waals surface area contributed by atoms with Crippen molar-refractivity contribution in [2.24, 2.45) is 29.4 Å². The number of benzene rings is 1. The Morgan fingerprint density at radius 1 is 1.00 bits per heavy atom. The molecule has 16 nitrogen and oxygen atoms in total. The van der Waals surface area contributed by atoms with E-state index in [-0.39, 0.29) is 53.8 Å². The lowest BCUT2D eigenvalue weighted by atomic mass is 9.87. The topological polar surface area (TPSA) is 218 Å². The zero-order chi connectivity index (χ0) is 48.4. The number of carbonyl (C=O) groups excluding carboxylic acids is 4. The molecule has 1 aliphatic heterocycles. The van der Waals surface area contributed by atoms with E-state index in [2.05, 4.69) is 20.0 Å². The molecule has 0 bridgehead atoms. The van der Waals surface area contributed by atoms with Crippen LogP contribution in [0.3, 0.4) is 0 Å². The Hall–Kier alpha value is -5.09. The fourth-order valence-electron chi connectivity index (χ4n) is 8.14. The van der Waals surface area contributed by atoms with Gasteiger partial charge in [-0.05, 0) is 83.5 Å². The second-order valence-electron chi connectivity index (χ2n) is 17.9. The van der Waals surface area contributed by atoms with Gasteiger partial charge in [-0.15, -0.1) is 0 Å². The Kier molecular flexibility index (Phi) is 15.2. The number of nitrogens with two attached hydrogens (primary N) is 1. The molecule has 3 fully saturated rings. The number of primary amides is 1. The van der Waals surface area contributed by atoms with E-state index in [1.807, 2.05) is 19.1 Å². The third kappa shape index (κ3) is 11.8. The number of alkyl halides is 6. The summed E-state index contributed by atoms with van der Waals surface area (Å²) in [5.41, 5.74) is 1.13. The SMILES string of the molecule is COc1cc2nc(C(F)(F)F)c(OC)nc2cc1O[C@@H]1C[C@@H](C(N)=O)N(C(=O)[C@@H](NC(=O)OC(C)(C)C(F)(F)F)[C@H](C)C[C@H](C)CC/C=C\[C@@H]2CCCC2C(=O)NS(=O)(=O)C2(C)CC2)C1. The van der Waals surface area contributed by atoms with Gasteiger partial charge >= 0.3 is 18.4 Å². The summed E-state index contributed by atoms with van der Waals surface area (Å²) in [6.45, 7) is 6.04. The van der Waals surface area contributed by atoms with Crippen LogP contribution in [0.15, 0.2) is 24.3 Å². The van der Waals surface area contributed by atoms with Crippen molar-refractivity contribution < 1.29 is 72.9 Å². The van der Waals surface area contributed by atoms with Crippen molar-refractivity contribution in [1.82, 2.24) is 24.9 Å². The van der Waals surface area contributed by atoms with Crippen LogP contribution in [-0.2, 0) is 35.3 Å². The lowest BCUT2D eigenvalue weighted by molar-refractivity contribution is -0.244. The third-order valence-electron chi connectivity index (χ3n) is 12.4. The molecule has 23 heteroatoms. The number of nitrogens with one attached hydrogen (secondary N) is 2. The number of carbonyl (C=O) groups is 4. The fraction of sp³-hybridized carbons (Fsp3) is 0.667. The first-order chi connectivity index (χ1) is 30.1. The van der Waals surface area contributed by atoms with Gasteiger partial charge in [0.1, 0.15) is 18.2 Å². The minimum atomic E-state index is -4.97. The van der Waals surface area contributed by atoms with Crippen LogP contribution >= 0.6 is 0 Å². The Morgan fingerprint density at radius 3 is 2.23 bits per heavy atom. The van der Waals surface area contributed by atoms with Crippen molar-refractivity contribution in [3.05, 3.63) is 30.0 Å². The summed E-state index contributed by atoms with van der Waals surface area (Å²) in [5.74, 6) is -4.83. The van der Waals surface area contributed by atoms with Gasteiger partial charge in [-0.3, -0.25) is 19.1 Å². The minimum absolute atomic E-state index is 0.0508. The summed E-state index contributed by atoms with van der Waals surface area (Å²) in [6.07, 6.45) is -4.48. The highest BCUT2D eigenvalue weighted by Gasteiger charge is 2.53. The summed E-state index contributed by atoms with van der Waals surface area (Å²) in [5, 5.41) is 2.30. The zero-order valence-corrected chi connectivity index (χ0v) is 37.9. The summed E-state index contributed by atoms with van der Waals surface area (Å²) in [7, 11) is -1.57. The van der Waals surface area contributed by atoms with Crippen LogP contribution in [0.1, 0.15) is 98.1 Å². The molecular weight excluding hydrogens is 895 g/mol. The van der Waals surface area contributed by atoms with E-state index >= 15 is 0 Å². The standard InChI is InChI=1S/C42H56F6N6O10S/c1-22(11-8-9-12-24-13-10-14-26(24)35(56)53-65(59,60)40(5)15-16-40)17-23(2)32(52-38(58)64-39(3,4)42(46,47)48)37(57)54-21-25(18-29(54)34(49)55)63-31-20-28-27(19-30(31)61-6)50-33(41(43,44)45)36(51-28)62-7/h9,12,19-20,22-26,29,32H,8,10-11,13-18,21H2,1-7H3,(H2,49,55)(H,52,58)(H,53,56)/b12-9-/t22-,23-,24-,25-,26?,29+,32+/m1/s1. The molecule has 2 heterocycles. The zero-order valence-electron chi connectivity index (χ0n) is 37.1. The van der Waals surface area contributed by atoms with E-state index in [1.54, 1.807) is 13.8 Å². The number of hydrogen-bond acceptors (Lipinski definition) is 12. The van der Waals surface area contributed by atoms with E-state index in [9.17, 15) is 53.9 Å². The number of halogens is 6. The number of aromatic nitrogens is 2. The fourth-order valence-corrected chi connectivity index (χ4v) is 9.44. The van der Waals surface area contributed by atoms with E-state index in [0.29, 0.717) is 52.4 Å². The first-order valence-electron chi connectivity index (χ1n) is 21.2. The third-order valence-corrected chi connectivity index (χ3v) is 14.6. The molecule has 362 valence electrons. The maximum absolute atomic E-state index is 14.4. The predicted octanol–water partition coefficient (Wildman–Crippen LogP) is 6.35. The van der Waals surface area contributed by atoms with Gasteiger partial charge in [0.05, 0.1) is 36.5 Å². The number of fused-ring (bicyclic) bond motifs is 1. The lowest BCUT2D eigenvalue weighted by Gasteiger charge is -2.33. The summed E-state index contributed by atoms with van der Waals surface area (Å²) in [4.78, 5) is 62.0. The van der Waals surface area contributed by atoms with Crippen LogP contribution in [0.4, 0.5) is 31.1 Å². The van der Waals surface area contributed by atoms with Gasteiger partial charge in [-0.25, -0.2) is 23.2 Å². The van der Waals surface area contributed by atoms with E-state index in [0.717, 1.165) is 24.5 Å². The van der Waals surface area contributed by atoms with Crippen LogP contribution < -0.4 is 30.0 Å². The first kappa shape index (κ1) is 50.9. The predicted molar refractivity (Wildman–Crippen MR) is 222 cm³/mol. The molecule has 3 aliphatic rings. The van der Waals surface area contributed by atoms with E-state index in [4.69, 9.17) is 24.7 Å². The summed E-state index contributed by atoms with van der Waals surface area (Å²) < 4.78 is 130. The van der Waals surface area contributed by atoms with Crippen LogP contribution in [0, 0.1) is 23.7 Å². The monoisotopic (exact) mass is 950 g/mol. The Bertz CT molecular complexity index is 2250. The number of sulfonamides is 1. The highest BCUT2D eigenvalue weighted by molar-refractivity contribution is 7.91. The second-order valence-corrected chi connectivity index (χ2v) is 20.1. The van der Waals surface area contributed by atoms with Crippen LogP contribution in [0.25, 0.3) is 11.0 Å². The normalized spacial score (nSPS) is 22.6. The molecule has 1 unspecified atom stereocenters. The lowest BCUT2D eigenvalue weighted by Crippen LogP contribution is -2.56. The quantitative estimate of drug-likeness (QED) is 0.110. The number of rotatable bonds is 18. The molecule has 5 rings (SSSR count). The van der Waals surface area contributed by atoms with Gasteiger partial charge in [-0.1, -0.05) is 32.4 Å². The molecule has 1 saturated heterocycles. The number of amides is 4. The van der Waals surface area contributed by atoms with Crippen molar-refractivity contribution in [3.8, 4) is 17.4 Å². The Labute approximate surface area is 372 Å². The molecule has 4 amide bonds. The number of alkyl carbamates (subject to hydrolysis) is 1. The second kappa shape index (κ2) is 19.4. The average Bonchev–Trinajstić information content (AvgIpc) is 3.58. The molecule has 1 aromatic carbocycles. The van der Waals surface area contributed by atoms with Crippen molar-refractivity contribution in [3.63, 3.8) is 0 Å². The number of hydrogen-bond donors (Lipinski definition) is 3. The van der Waals surface area contributed by atoms with E-state index < -0.39 is 98.1 Å². The van der Waals surface area contributed by atoms with Crippen molar-refractivity contribution in [2.75, 3.05) is 20.8 Å². The van der Waals surface area contributed by atoms with Crippen LogP contribution in [0.2, 0.25) is 0 Å². The number of methoxy groups -OCH3 is 2. The molecule has 1 aromatic heterocycles. The molecule has 0 spiro atoms. The van der Waals surface area contributed by atoms with Gasteiger partial charge < -0.3 is 34.9 Å². The number of ether oxygens (including phenoxy) is 4. The molecule has 0 radical (unpaired) electrons. The molecule has 2 aliphatic carbocycles. The molecule has 4 N–H and O–H groups in total. The van der Waals surface area contributed by atoms with Crippen LogP contribution in [-0.4, -0.2) is 103 Å². The summed E-state index contributed by atoms with van der Waals surface area (Å²) >= 11 is 0. The largest absolute Gasteiger partial charge is 0.493 e. The first-order valence-corrected chi connectivity index (χ1v) is 22.7. The highest BCUT2D eigenvalue weighted by Crippen LogP contribution is 2.43. The van der Waals surface area contributed by atoms with Gasteiger partial charge in [0.25, 0.3) is 0 Å². The minimum Gasteiger partial charge on any atom is -0.493 e. The number of allylic oxidation sites excluding steroid dienone is 2. The smallest absolute Gasteiger partial charge is 0.438 e. The van der Waals surface area contributed by atoms with Gasteiger partial charge in [-0.2, -0.15) is 26.3 Å². The maximum Gasteiger partial charge on any atom is 0.438 e. The van der Waals surface area contributed by atoms with E-state index in [1.165, 1.54) is 13.2 Å². The highest BCUT2D eigenvalue weighted by atomic mass is 32.2. The van der Waals surface area contributed by atoms with Crippen molar-refractivity contribution >= 4 is 44.9 Å². The Balaban J connectivity index is 1.30. The van der Waals surface area contributed by atoms with Crippen molar-refractivity contribution in [1.29, 1.82) is 0 Å². The van der Waals surface area contributed by atoms with Gasteiger partial charge in [0, 0.05) is 24.5 Å². The average molecular weight is 951 g/mol. The van der Waals surface area contributed by atoms with Crippen molar-refractivity contribution in [2.45, 2.75) is 133 Å². The van der Waals surface area contributed by atoms with Gasteiger partial charge in [0.15, 0.2) is 11.5 Å². The molecule has 2 saturated carbocycles. The number of nitrogens with zero attached hydrogens (tertiary/aromatic N) is 3. The molecular formula is C42H56F6N6O10S. The maximum atomic E-state index is 14.4.